The van der Waals surface area contributed by atoms with Crippen LogP contribution < -0.4 is 5.32 Å². The van der Waals surface area contributed by atoms with Gasteiger partial charge in [-0.05, 0) is 33.0 Å². The molecule has 4 rings (SSSR count). The topological polar surface area (TPSA) is 145 Å². The Bertz CT molecular complexity index is 973. The van der Waals surface area contributed by atoms with E-state index in [1.807, 2.05) is 30.3 Å². The molecule has 0 atom stereocenters. The number of H-pyrrole nitrogens is 1. The minimum atomic E-state index is -0.359. The predicted octanol–water partition coefficient (Wildman–Crippen LogP) is -0.709. The molecule has 0 spiro atoms. The summed E-state index contributed by atoms with van der Waals surface area (Å²) in [5.41, 5.74) is 1.10. The Balaban J connectivity index is 1.51. The van der Waals surface area contributed by atoms with Crippen molar-refractivity contribution in [1.29, 1.82) is 0 Å². The van der Waals surface area contributed by atoms with Gasteiger partial charge in [-0.3, -0.25) is 9.89 Å². The molecule has 0 aliphatic rings. The van der Waals surface area contributed by atoms with Crippen LogP contribution in [0.2, 0.25) is 0 Å². The van der Waals surface area contributed by atoms with Crippen LogP contribution in [0.4, 0.5) is 0 Å². The fourth-order valence-electron chi connectivity index (χ4n) is 2.22. The molecule has 2 N–H and O–H groups in total. The standard InChI is InChI=1S/C13H11N11O/c25-13(10-6-15-18-12(10)23-8-16-19-21-23)14-7-11-17-20-22-24(11)9-4-2-1-3-5-9/h1-6,8H,7H2,(H,14,25)(H,15,18). The fourth-order valence-corrected chi connectivity index (χ4v) is 2.22. The van der Waals surface area contributed by atoms with Crippen molar-refractivity contribution in [2.75, 3.05) is 0 Å². The van der Waals surface area contributed by atoms with Crippen molar-refractivity contribution >= 4 is 5.91 Å². The van der Waals surface area contributed by atoms with Crippen LogP contribution in [-0.2, 0) is 6.54 Å². The van der Waals surface area contributed by atoms with Crippen molar-refractivity contribution in [2.24, 2.45) is 0 Å². The second kappa shape index (κ2) is 6.27. The highest BCUT2D eigenvalue weighted by molar-refractivity contribution is 5.96. The summed E-state index contributed by atoms with van der Waals surface area (Å²) in [6.07, 6.45) is 2.76. The molecular formula is C13H11N11O. The first kappa shape index (κ1) is 14.6. The predicted molar refractivity (Wildman–Crippen MR) is 81.6 cm³/mol. The van der Waals surface area contributed by atoms with Gasteiger partial charge in [0, 0.05) is 0 Å². The van der Waals surface area contributed by atoms with E-state index in [4.69, 9.17) is 0 Å². The third-order valence-electron chi connectivity index (χ3n) is 3.38. The van der Waals surface area contributed by atoms with Gasteiger partial charge in [0.2, 0.25) is 0 Å². The Labute approximate surface area is 139 Å². The molecule has 0 fully saturated rings. The Kier molecular flexibility index (Phi) is 3.67. The van der Waals surface area contributed by atoms with E-state index in [9.17, 15) is 4.79 Å². The normalized spacial score (nSPS) is 10.7. The molecule has 0 bridgehead atoms. The Morgan fingerprint density at radius 3 is 2.84 bits per heavy atom. The van der Waals surface area contributed by atoms with Crippen molar-refractivity contribution in [1.82, 2.24) is 55.9 Å². The lowest BCUT2D eigenvalue weighted by atomic mass is 10.3. The zero-order valence-corrected chi connectivity index (χ0v) is 12.7. The van der Waals surface area contributed by atoms with Crippen molar-refractivity contribution in [3.63, 3.8) is 0 Å². The van der Waals surface area contributed by atoms with Crippen molar-refractivity contribution in [3.8, 4) is 11.5 Å². The average Bonchev–Trinajstić information content (AvgIpc) is 3.41. The van der Waals surface area contributed by atoms with E-state index in [1.54, 1.807) is 4.68 Å². The Hall–Kier alpha value is -3.96. The van der Waals surface area contributed by atoms with Gasteiger partial charge in [-0.2, -0.15) is 14.5 Å². The van der Waals surface area contributed by atoms with E-state index in [-0.39, 0.29) is 12.5 Å². The van der Waals surface area contributed by atoms with Crippen LogP contribution in [0.15, 0.2) is 42.9 Å². The maximum absolute atomic E-state index is 12.4. The van der Waals surface area contributed by atoms with E-state index in [0.29, 0.717) is 17.2 Å². The molecular weight excluding hydrogens is 326 g/mol. The largest absolute Gasteiger partial charge is 0.344 e. The summed E-state index contributed by atoms with van der Waals surface area (Å²) in [7, 11) is 0. The van der Waals surface area contributed by atoms with E-state index in [1.165, 1.54) is 17.2 Å². The molecule has 0 aliphatic carbocycles. The summed E-state index contributed by atoms with van der Waals surface area (Å²) in [6, 6.07) is 9.39. The SMILES string of the molecule is O=C(NCc1nnnn1-c1ccccc1)c1cn[nH]c1-n1cnnn1. The highest BCUT2D eigenvalue weighted by Crippen LogP contribution is 2.10. The molecule has 0 unspecified atom stereocenters. The second-order valence-electron chi connectivity index (χ2n) is 4.91. The fraction of sp³-hybridized carbons (Fsp3) is 0.0769. The minimum absolute atomic E-state index is 0.140. The minimum Gasteiger partial charge on any atom is -0.344 e. The number of carbonyl (C=O) groups excluding carboxylic acids is 1. The lowest BCUT2D eigenvalue weighted by Crippen LogP contribution is -2.25. The monoisotopic (exact) mass is 337 g/mol. The van der Waals surface area contributed by atoms with Gasteiger partial charge >= 0.3 is 0 Å². The first-order valence-corrected chi connectivity index (χ1v) is 7.20. The number of para-hydroxylation sites is 1. The lowest BCUT2D eigenvalue weighted by Gasteiger charge is -2.06. The molecule has 0 saturated heterocycles. The average molecular weight is 337 g/mol. The smallest absolute Gasteiger partial charge is 0.257 e. The molecule has 124 valence electrons. The number of hydrogen-bond acceptors (Lipinski definition) is 8. The summed E-state index contributed by atoms with van der Waals surface area (Å²) in [5.74, 6) is 0.499. The highest BCUT2D eigenvalue weighted by Gasteiger charge is 2.17. The van der Waals surface area contributed by atoms with Crippen LogP contribution in [0.1, 0.15) is 16.2 Å². The van der Waals surface area contributed by atoms with E-state index >= 15 is 0 Å². The molecule has 0 saturated carbocycles. The van der Waals surface area contributed by atoms with Crippen LogP contribution in [0.25, 0.3) is 11.5 Å². The number of nitrogens with zero attached hydrogens (tertiary/aromatic N) is 9. The van der Waals surface area contributed by atoms with E-state index in [0.717, 1.165) is 5.69 Å². The van der Waals surface area contributed by atoms with Crippen LogP contribution in [0.3, 0.4) is 0 Å². The number of carbonyl (C=O) groups is 1. The second-order valence-corrected chi connectivity index (χ2v) is 4.91. The molecule has 1 amide bonds. The van der Waals surface area contributed by atoms with Crippen LogP contribution >= 0.6 is 0 Å². The number of aromatic nitrogens is 10. The Morgan fingerprint density at radius 2 is 2.04 bits per heavy atom. The summed E-state index contributed by atoms with van der Waals surface area (Å²) in [6.45, 7) is 0.140. The third kappa shape index (κ3) is 2.83. The van der Waals surface area contributed by atoms with E-state index < -0.39 is 0 Å². The number of aromatic amines is 1. The summed E-state index contributed by atoms with van der Waals surface area (Å²) < 4.78 is 2.87. The van der Waals surface area contributed by atoms with Gasteiger partial charge in [0.1, 0.15) is 11.9 Å². The number of tetrazole rings is 2. The maximum atomic E-state index is 12.4. The Morgan fingerprint density at radius 1 is 1.16 bits per heavy atom. The van der Waals surface area contributed by atoms with Crippen molar-refractivity contribution < 1.29 is 4.79 Å². The molecule has 0 radical (unpaired) electrons. The molecule has 25 heavy (non-hydrogen) atoms. The van der Waals surface area contributed by atoms with Gasteiger partial charge in [0.25, 0.3) is 5.91 Å². The molecule has 4 aromatic rings. The van der Waals surface area contributed by atoms with Gasteiger partial charge in [-0.25, -0.2) is 0 Å². The number of rotatable bonds is 5. The molecule has 3 aromatic heterocycles. The number of benzene rings is 1. The molecule has 12 nitrogen and oxygen atoms in total. The summed E-state index contributed by atoms with van der Waals surface area (Å²) in [4.78, 5) is 12.4. The lowest BCUT2D eigenvalue weighted by molar-refractivity contribution is 0.0949. The van der Waals surface area contributed by atoms with E-state index in [2.05, 4.69) is 46.6 Å². The van der Waals surface area contributed by atoms with Gasteiger partial charge in [-0.15, -0.1) is 10.2 Å². The number of amides is 1. The van der Waals surface area contributed by atoms with Gasteiger partial charge < -0.3 is 5.32 Å². The highest BCUT2D eigenvalue weighted by atomic mass is 16.1. The van der Waals surface area contributed by atoms with Crippen molar-refractivity contribution in [3.05, 3.63) is 54.2 Å². The molecule has 0 aliphatic heterocycles. The molecule has 1 aromatic carbocycles. The third-order valence-corrected chi connectivity index (χ3v) is 3.38. The van der Waals surface area contributed by atoms with Gasteiger partial charge in [0.05, 0.1) is 18.4 Å². The van der Waals surface area contributed by atoms with Crippen molar-refractivity contribution in [2.45, 2.75) is 6.54 Å². The summed E-state index contributed by atoms with van der Waals surface area (Å²) in [5, 5.41) is 31.6. The quantitative estimate of drug-likeness (QED) is 0.486. The first-order chi connectivity index (χ1) is 12.3. The number of hydrogen-bond donors (Lipinski definition) is 2. The zero-order chi connectivity index (χ0) is 17.1. The van der Waals surface area contributed by atoms with Crippen LogP contribution in [-0.4, -0.2) is 56.5 Å². The van der Waals surface area contributed by atoms with Gasteiger partial charge in [0.15, 0.2) is 11.6 Å². The summed E-state index contributed by atoms with van der Waals surface area (Å²) >= 11 is 0. The van der Waals surface area contributed by atoms with Gasteiger partial charge in [-0.1, -0.05) is 18.2 Å². The first-order valence-electron chi connectivity index (χ1n) is 7.20. The van der Waals surface area contributed by atoms with Crippen LogP contribution in [0.5, 0.6) is 0 Å². The molecule has 12 heteroatoms. The molecule has 3 heterocycles. The maximum Gasteiger partial charge on any atom is 0.257 e. The van der Waals surface area contributed by atoms with Crippen LogP contribution in [0, 0.1) is 0 Å². The zero-order valence-electron chi connectivity index (χ0n) is 12.7. The number of nitrogens with one attached hydrogen (secondary N) is 2.